The van der Waals surface area contributed by atoms with Crippen molar-refractivity contribution < 1.29 is 0 Å². The summed E-state index contributed by atoms with van der Waals surface area (Å²) in [5.41, 5.74) is 8.42. The Bertz CT molecular complexity index is 397. The van der Waals surface area contributed by atoms with Crippen LogP contribution in [0.5, 0.6) is 0 Å². The first-order valence-corrected chi connectivity index (χ1v) is 8.78. The maximum absolute atomic E-state index is 6.28. The monoisotopic (exact) mass is 324 g/mol. The molecule has 1 aromatic rings. The molecule has 0 spiro atoms. The number of nitrogen functional groups attached to an aromatic ring is 1. The molecule has 22 heavy (non-hydrogen) atoms. The van der Waals surface area contributed by atoms with Crippen molar-refractivity contribution in [2.24, 2.45) is 5.41 Å². The number of hydrogen-bond acceptors (Lipinski definition) is 2. The van der Waals surface area contributed by atoms with Gasteiger partial charge in [0.25, 0.3) is 0 Å². The van der Waals surface area contributed by atoms with Gasteiger partial charge in [0.15, 0.2) is 0 Å². The van der Waals surface area contributed by atoms with E-state index in [2.05, 4.69) is 31.9 Å². The quantitative estimate of drug-likeness (QED) is 0.533. The Morgan fingerprint density at radius 1 is 1.14 bits per heavy atom. The van der Waals surface area contributed by atoms with Crippen molar-refractivity contribution in [1.29, 1.82) is 0 Å². The molecule has 1 aromatic carbocycles. The van der Waals surface area contributed by atoms with E-state index in [4.69, 9.17) is 17.3 Å². The second-order valence-electron chi connectivity index (χ2n) is 5.37. The topological polar surface area (TPSA) is 29.3 Å². The van der Waals surface area contributed by atoms with E-state index in [0.29, 0.717) is 5.41 Å². The Hall–Kier alpha value is -1.15. The Kier molecular flexibility index (Phi) is 10.0. The minimum atomic E-state index is 0.534. The first-order valence-electron chi connectivity index (χ1n) is 8.41. The highest BCUT2D eigenvalue weighted by Gasteiger charge is 2.32. The fraction of sp³-hybridized carbons (Fsp3) is 0.579. The summed E-state index contributed by atoms with van der Waals surface area (Å²) in [7, 11) is 0. The summed E-state index contributed by atoms with van der Waals surface area (Å²) >= 11 is 6.28. The van der Waals surface area contributed by atoms with E-state index in [1.165, 1.54) is 25.7 Å². The molecule has 3 heteroatoms. The number of benzene rings is 1. The van der Waals surface area contributed by atoms with Crippen LogP contribution < -0.4 is 10.6 Å². The third-order valence-electron chi connectivity index (χ3n) is 4.66. The molecule has 0 aromatic heterocycles. The molecule has 0 atom stereocenters. The Balaban J connectivity index is 0.00000102. The fourth-order valence-electron chi connectivity index (χ4n) is 3.03. The number of nitrogens with zero attached hydrogens (tertiary/aromatic N) is 1. The van der Waals surface area contributed by atoms with E-state index in [1.54, 1.807) is 0 Å². The average Bonchev–Trinajstić information content (AvgIpc) is 2.59. The van der Waals surface area contributed by atoms with Gasteiger partial charge >= 0.3 is 0 Å². The summed E-state index contributed by atoms with van der Waals surface area (Å²) in [6.45, 7) is 16.7. The van der Waals surface area contributed by atoms with Crippen LogP contribution in [0.25, 0.3) is 0 Å². The lowest BCUT2D eigenvalue weighted by molar-refractivity contribution is 0.199. The molecule has 0 bridgehead atoms. The third kappa shape index (κ3) is 4.95. The van der Waals surface area contributed by atoms with Gasteiger partial charge in [-0.2, -0.15) is 0 Å². The van der Waals surface area contributed by atoms with Gasteiger partial charge in [-0.3, -0.25) is 0 Å². The molecule has 126 valence electrons. The zero-order valence-electron chi connectivity index (χ0n) is 14.8. The number of hydrogen-bond donors (Lipinski definition) is 1. The van der Waals surface area contributed by atoms with E-state index < -0.39 is 0 Å². The number of halogens is 1. The SMILES string of the molecule is C=C.CC.CCC1(CC)CCN(c2c(N)cccc2Cl)CC1. The van der Waals surface area contributed by atoms with E-state index in [-0.39, 0.29) is 0 Å². The Morgan fingerprint density at radius 3 is 2.05 bits per heavy atom. The largest absolute Gasteiger partial charge is 0.397 e. The summed E-state index contributed by atoms with van der Waals surface area (Å²) in [6.07, 6.45) is 5.03. The van der Waals surface area contributed by atoms with Crippen LogP contribution in [0.1, 0.15) is 53.4 Å². The van der Waals surface area contributed by atoms with Gasteiger partial charge in [0.1, 0.15) is 0 Å². The first kappa shape index (κ1) is 20.9. The second kappa shape index (κ2) is 10.6. The van der Waals surface area contributed by atoms with Crippen molar-refractivity contribution >= 4 is 23.0 Å². The van der Waals surface area contributed by atoms with Crippen LogP contribution in [-0.2, 0) is 0 Å². The lowest BCUT2D eigenvalue weighted by Crippen LogP contribution is -2.40. The van der Waals surface area contributed by atoms with Gasteiger partial charge in [-0.25, -0.2) is 0 Å². The minimum Gasteiger partial charge on any atom is -0.397 e. The molecule has 1 saturated heterocycles. The smallest absolute Gasteiger partial charge is 0.0789 e. The van der Waals surface area contributed by atoms with Crippen molar-refractivity contribution in [3.63, 3.8) is 0 Å². The van der Waals surface area contributed by atoms with Crippen LogP contribution in [0.2, 0.25) is 5.02 Å². The number of anilines is 2. The predicted molar refractivity (Wildman–Crippen MR) is 103 cm³/mol. The average molecular weight is 325 g/mol. The van der Waals surface area contributed by atoms with E-state index >= 15 is 0 Å². The zero-order chi connectivity index (χ0) is 17.2. The molecule has 0 aliphatic carbocycles. The first-order chi connectivity index (χ1) is 10.6. The van der Waals surface area contributed by atoms with Gasteiger partial charge in [0, 0.05) is 13.1 Å². The third-order valence-corrected chi connectivity index (χ3v) is 4.96. The van der Waals surface area contributed by atoms with Crippen molar-refractivity contribution in [1.82, 2.24) is 0 Å². The fourth-order valence-corrected chi connectivity index (χ4v) is 3.33. The molecule has 1 heterocycles. The van der Waals surface area contributed by atoms with Crippen LogP contribution in [0.4, 0.5) is 11.4 Å². The highest BCUT2D eigenvalue weighted by atomic mass is 35.5. The number of rotatable bonds is 3. The molecule has 1 aliphatic rings. The summed E-state index contributed by atoms with van der Waals surface area (Å²) in [5.74, 6) is 0. The standard InChI is InChI=1S/C15H23ClN2.C2H6.C2H4/c1-3-15(4-2)8-10-18(11-9-15)14-12(16)6-5-7-13(14)17;2*1-2/h5-7H,3-4,8-11,17H2,1-2H3;1-2H3;1-2H2. The molecule has 0 unspecified atom stereocenters. The van der Waals surface area contributed by atoms with Crippen LogP contribution >= 0.6 is 11.6 Å². The molecule has 0 saturated carbocycles. The molecule has 2 rings (SSSR count). The number of para-hydroxylation sites is 1. The highest BCUT2D eigenvalue weighted by Crippen LogP contribution is 2.41. The summed E-state index contributed by atoms with van der Waals surface area (Å²) in [6, 6.07) is 5.77. The van der Waals surface area contributed by atoms with Gasteiger partial charge < -0.3 is 10.6 Å². The van der Waals surface area contributed by atoms with Gasteiger partial charge in [-0.1, -0.05) is 58.2 Å². The summed E-state index contributed by atoms with van der Waals surface area (Å²) in [5, 5.41) is 0.774. The van der Waals surface area contributed by atoms with Gasteiger partial charge in [-0.15, -0.1) is 13.2 Å². The highest BCUT2D eigenvalue weighted by molar-refractivity contribution is 6.34. The lowest BCUT2D eigenvalue weighted by atomic mass is 9.74. The second-order valence-corrected chi connectivity index (χ2v) is 5.78. The Labute approximate surface area is 142 Å². The van der Waals surface area contributed by atoms with Crippen molar-refractivity contribution in [3.8, 4) is 0 Å². The van der Waals surface area contributed by atoms with Crippen LogP contribution in [0.15, 0.2) is 31.4 Å². The predicted octanol–water partition coefficient (Wildman–Crippen LogP) is 6.16. The van der Waals surface area contributed by atoms with Gasteiger partial charge in [0.05, 0.1) is 16.4 Å². The van der Waals surface area contributed by atoms with E-state index in [1.807, 2.05) is 32.0 Å². The molecular formula is C19H33ClN2. The number of nitrogens with two attached hydrogens (primary N) is 1. The van der Waals surface area contributed by atoms with Crippen LogP contribution in [0.3, 0.4) is 0 Å². The molecule has 2 nitrogen and oxygen atoms in total. The normalized spacial score (nSPS) is 16.0. The van der Waals surface area contributed by atoms with E-state index in [9.17, 15) is 0 Å². The zero-order valence-corrected chi connectivity index (χ0v) is 15.5. The van der Waals surface area contributed by atoms with Crippen molar-refractivity contribution in [2.75, 3.05) is 23.7 Å². The molecule has 2 N–H and O–H groups in total. The Morgan fingerprint density at radius 2 is 1.64 bits per heavy atom. The van der Waals surface area contributed by atoms with Crippen molar-refractivity contribution in [2.45, 2.75) is 53.4 Å². The number of piperidine rings is 1. The van der Waals surface area contributed by atoms with Crippen molar-refractivity contribution in [3.05, 3.63) is 36.4 Å². The summed E-state index contributed by atoms with van der Waals surface area (Å²) in [4.78, 5) is 2.35. The van der Waals surface area contributed by atoms with E-state index in [0.717, 1.165) is 29.5 Å². The summed E-state index contributed by atoms with van der Waals surface area (Å²) < 4.78 is 0. The van der Waals surface area contributed by atoms with Crippen LogP contribution in [-0.4, -0.2) is 13.1 Å². The lowest BCUT2D eigenvalue weighted by Gasteiger charge is -2.42. The molecule has 1 aliphatic heterocycles. The molecule has 0 radical (unpaired) electrons. The minimum absolute atomic E-state index is 0.534. The molecular weight excluding hydrogens is 292 g/mol. The van der Waals surface area contributed by atoms with Gasteiger partial charge in [0.2, 0.25) is 0 Å². The maximum atomic E-state index is 6.28. The maximum Gasteiger partial charge on any atom is 0.0789 e. The molecule has 1 fully saturated rings. The van der Waals surface area contributed by atoms with Gasteiger partial charge in [-0.05, 0) is 30.4 Å². The van der Waals surface area contributed by atoms with Crippen LogP contribution in [0, 0.1) is 5.41 Å². The molecule has 0 amide bonds.